The molecule has 0 aliphatic carbocycles. The molecular formula is C10H7N5O. The van der Waals surface area contributed by atoms with Crippen molar-refractivity contribution in [3.63, 3.8) is 0 Å². The molecule has 0 saturated heterocycles. The first-order valence-electron chi connectivity index (χ1n) is 4.46. The number of anilines is 1. The molecule has 2 aromatic rings. The standard InChI is InChI=1S/C10H7N5O/c11-3-7-1-2-9(12-4-7)15-10(16)8-5-13-14-6-8/h1-2,4-6H,(H,13,14)(H,12,15,16). The molecule has 6 nitrogen and oxygen atoms in total. The molecule has 0 saturated carbocycles. The number of aromatic nitrogens is 3. The van der Waals surface area contributed by atoms with Crippen molar-refractivity contribution >= 4 is 11.7 Å². The summed E-state index contributed by atoms with van der Waals surface area (Å²) in [6, 6.07) is 5.09. The van der Waals surface area contributed by atoms with Crippen LogP contribution in [0.15, 0.2) is 30.7 Å². The highest BCUT2D eigenvalue weighted by Crippen LogP contribution is 2.06. The molecule has 2 aromatic heterocycles. The summed E-state index contributed by atoms with van der Waals surface area (Å²) in [6.07, 6.45) is 4.29. The summed E-state index contributed by atoms with van der Waals surface area (Å²) in [5.41, 5.74) is 0.868. The van der Waals surface area contributed by atoms with E-state index in [0.717, 1.165) is 0 Å². The Bertz CT molecular complexity index is 523. The molecule has 0 unspecified atom stereocenters. The van der Waals surface area contributed by atoms with Crippen LogP contribution in [0.5, 0.6) is 0 Å². The number of H-pyrrole nitrogens is 1. The molecule has 0 aliphatic heterocycles. The number of pyridine rings is 1. The molecule has 1 amide bonds. The zero-order valence-electron chi connectivity index (χ0n) is 8.14. The second-order valence-corrected chi connectivity index (χ2v) is 2.99. The summed E-state index contributed by atoms with van der Waals surface area (Å²) in [5.74, 6) is 0.0937. The third-order valence-corrected chi connectivity index (χ3v) is 1.89. The van der Waals surface area contributed by atoms with Crippen LogP contribution >= 0.6 is 0 Å². The Labute approximate surface area is 90.9 Å². The van der Waals surface area contributed by atoms with Crippen molar-refractivity contribution in [3.05, 3.63) is 41.9 Å². The van der Waals surface area contributed by atoms with E-state index in [1.807, 2.05) is 6.07 Å². The van der Waals surface area contributed by atoms with Crippen LogP contribution in [0.2, 0.25) is 0 Å². The number of nitrogens with one attached hydrogen (secondary N) is 2. The van der Waals surface area contributed by atoms with Gasteiger partial charge < -0.3 is 5.32 Å². The van der Waals surface area contributed by atoms with E-state index in [1.165, 1.54) is 18.6 Å². The molecule has 2 N–H and O–H groups in total. The zero-order chi connectivity index (χ0) is 11.4. The lowest BCUT2D eigenvalue weighted by atomic mass is 10.3. The van der Waals surface area contributed by atoms with Gasteiger partial charge in [-0.15, -0.1) is 0 Å². The van der Waals surface area contributed by atoms with Gasteiger partial charge in [0.05, 0.1) is 17.3 Å². The van der Waals surface area contributed by atoms with E-state index in [-0.39, 0.29) is 5.91 Å². The molecule has 0 aromatic carbocycles. The number of amides is 1. The summed E-state index contributed by atoms with van der Waals surface area (Å²) in [4.78, 5) is 15.5. The normalized spacial score (nSPS) is 9.44. The molecule has 0 fully saturated rings. The second kappa shape index (κ2) is 4.23. The number of carbonyl (C=O) groups excluding carboxylic acids is 1. The van der Waals surface area contributed by atoms with Crippen molar-refractivity contribution < 1.29 is 4.79 Å². The van der Waals surface area contributed by atoms with Crippen LogP contribution < -0.4 is 5.32 Å². The quantitative estimate of drug-likeness (QED) is 0.775. The maximum Gasteiger partial charge on any atom is 0.259 e. The number of hydrogen-bond acceptors (Lipinski definition) is 4. The van der Waals surface area contributed by atoms with Crippen molar-refractivity contribution in [2.75, 3.05) is 5.32 Å². The first-order chi connectivity index (χ1) is 7.79. The molecule has 0 spiro atoms. The topological polar surface area (TPSA) is 94.5 Å². The van der Waals surface area contributed by atoms with Gasteiger partial charge in [-0.3, -0.25) is 9.89 Å². The minimum atomic E-state index is -0.300. The van der Waals surface area contributed by atoms with Crippen molar-refractivity contribution in [1.29, 1.82) is 5.26 Å². The first-order valence-corrected chi connectivity index (χ1v) is 4.46. The van der Waals surface area contributed by atoms with Gasteiger partial charge in [-0.2, -0.15) is 10.4 Å². The van der Waals surface area contributed by atoms with E-state index in [2.05, 4.69) is 20.5 Å². The van der Waals surface area contributed by atoms with Crippen molar-refractivity contribution in [2.45, 2.75) is 0 Å². The van der Waals surface area contributed by atoms with Crippen molar-refractivity contribution in [2.24, 2.45) is 0 Å². The van der Waals surface area contributed by atoms with Crippen LogP contribution in [0, 0.1) is 11.3 Å². The highest BCUT2D eigenvalue weighted by atomic mass is 16.1. The molecule has 0 atom stereocenters. The molecule has 0 radical (unpaired) electrons. The van der Waals surface area contributed by atoms with Crippen LogP contribution in [0.3, 0.4) is 0 Å². The third-order valence-electron chi connectivity index (χ3n) is 1.89. The van der Waals surface area contributed by atoms with Gasteiger partial charge in [-0.25, -0.2) is 4.98 Å². The minimum Gasteiger partial charge on any atom is -0.306 e. The van der Waals surface area contributed by atoms with Gasteiger partial charge in [-0.1, -0.05) is 0 Å². The fourth-order valence-corrected chi connectivity index (χ4v) is 1.10. The average Bonchev–Trinajstić information content (AvgIpc) is 2.83. The van der Waals surface area contributed by atoms with E-state index < -0.39 is 0 Å². The number of rotatable bonds is 2. The number of nitrogens with zero attached hydrogens (tertiary/aromatic N) is 3. The zero-order valence-corrected chi connectivity index (χ0v) is 8.14. The Morgan fingerprint density at radius 1 is 1.44 bits per heavy atom. The van der Waals surface area contributed by atoms with Crippen LogP contribution in [0.1, 0.15) is 15.9 Å². The van der Waals surface area contributed by atoms with Crippen molar-refractivity contribution in [1.82, 2.24) is 15.2 Å². The van der Waals surface area contributed by atoms with E-state index in [4.69, 9.17) is 5.26 Å². The van der Waals surface area contributed by atoms with Gasteiger partial charge >= 0.3 is 0 Å². The number of nitriles is 1. The predicted molar refractivity (Wildman–Crippen MR) is 55.5 cm³/mol. The Morgan fingerprint density at radius 2 is 2.31 bits per heavy atom. The molecular weight excluding hydrogens is 206 g/mol. The van der Waals surface area contributed by atoms with Crippen LogP contribution in [-0.4, -0.2) is 21.1 Å². The first kappa shape index (κ1) is 9.86. The maximum absolute atomic E-state index is 11.6. The van der Waals surface area contributed by atoms with Crippen LogP contribution in [0.4, 0.5) is 5.82 Å². The van der Waals surface area contributed by atoms with Gasteiger partial charge in [0.2, 0.25) is 0 Å². The Balaban J connectivity index is 2.10. The number of aromatic amines is 1. The molecule has 78 valence electrons. The highest BCUT2D eigenvalue weighted by molar-refractivity contribution is 6.03. The monoisotopic (exact) mass is 213 g/mol. The van der Waals surface area contributed by atoms with E-state index >= 15 is 0 Å². The summed E-state index contributed by atoms with van der Waals surface area (Å²) in [5, 5.41) is 17.4. The fraction of sp³-hybridized carbons (Fsp3) is 0. The van der Waals surface area contributed by atoms with Crippen LogP contribution in [-0.2, 0) is 0 Å². The highest BCUT2D eigenvalue weighted by Gasteiger charge is 2.07. The molecule has 6 heteroatoms. The minimum absolute atomic E-state index is 0.300. The van der Waals surface area contributed by atoms with Gasteiger partial charge in [0.15, 0.2) is 0 Å². The molecule has 16 heavy (non-hydrogen) atoms. The third kappa shape index (κ3) is 2.04. The summed E-state index contributed by atoms with van der Waals surface area (Å²) in [7, 11) is 0. The van der Waals surface area contributed by atoms with Crippen LogP contribution in [0.25, 0.3) is 0 Å². The van der Waals surface area contributed by atoms with Gasteiger partial charge in [0, 0.05) is 12.4 Å². The lowest BCUT2D eigenvalue weighted by molar-refractivity contribution is 0.102. The molecule has 0 aliphatic rings. The van der Waals surface area contributed by atoms with E-state index in [9.17, 15) is 4.79 Å². The van der Waals surface area contributed by atoms with E-state index in [0.29, 0.717) is 16.9 Å². The van der Waals surface area contributed by atoms with E-state index in [1.54, 1.807) is 12.1 Å². The van der Waals surface area contributed by atoms with Crippen molar-refractivity contribution in [3.8, 4) is 6.07 Å². The lowest BCUT2D eigenvalue weighted by Crippen LogP contribution is -2.11. The predicted octanol–water partition coefficient (Wildman–Crippen LogP) is 0.929. The number of hydrogen-bond donors (Lipinski definition) is 2. The second-order valence-electron chi connectivity index (χ2n) is 2.99. The maximum atomic E-state index is 11.6. The Kier molecular flexibility index (Phi) is 2.61. The average molecular weight is 213 g/mol. The largest absolute Gasteiger partial charge is 0.306 e. The number of carbonyl (C=O) groups is 1. The molecule has 2 rings (SSSR count). The summed E-state index contributed by atoms with van der Waals surface area (Å²) in [6.45, 7) is 0. The Morgan fingerprint density at radius 3 is 2.88 bits per heavy atom. The van der Waals surface area contributed by atoms with Gasteiger partial charge in [0.1, 0.15) is 11.9 Å². The SMILES string of the molecule is N#Cc1ccc(NC(=O)c2cn[nH]c2)nc1. The molecule has 0 bridgehead atoms. The van der Waals surface area contributed by atoms with Gasteiger partial charge in [-0.05, 0) is 12.1 Å². The van der Waals surface area contributed by atoms with Gasteiger partial charge in [0.25, 0.3) is 5.91 Å². The lowest BCUT2D eigenvalue weighted by Gasteiger charge is -2.01. The molecule has 2 heterocycles. The fourth-order valence-electron chi connectivity index (χ4n) is 1.10. The summed E-state index contributed by atoms with van der Waals surface area (Å²) >= 11 is 0. The smallest absolute Gasteiger partial charge is 0.259 e. The summed E-state index contributed by atoms with van der Waals surface area (Å²) < 4.78 is 0. The Hall–Kier alpha value is -2.68.